The lowest BCUT2D eigenvalue weighted by Crippen LogP contribution is -2.15. The Bertz CT molecular complexity index is 619. The van der Waals surface area contributed by atoms with Crippen LogP contribution < -0.4 is 0 Å². The van der Waals surface area contributed by atoms with E-state index in [9.17, 15) is 4.79 Å². The Morgan fingerprint density at radius 2 is 1.24 bits per heavy atom. The van der Waals surface area contributed by atoms with Crippen LogP contribution in [-0.2, 0) is 21.4 Å². The van der Waals surface area contributed by atoms with Crippen molar-refractivity contribution in [3.05, 3.63) is 35.4 Å². The second-order valence-electron chi connectivity index (χ2n) is 11.0. The van der Waals surface area contributed by atoms with Gasteiger partial charge >= 0.3 is 5.97 Å². The summed E-state index contributed by atoms with van der Waals surface area (Å²) in [6, 6.07) is 8.69. The van der Waals surface area contributed by atoms with Crippen LogP contribution in [0.25, 0.3) is 0 Å². The molecule has 0 saturated carbocycles. The van der Waals surface area contributed by atoms with E-state index in [0.29, 0.717) is 13.0 Å². The second kappa shape index (κ2) is 19.9. The number of benzene rings is 1. The van der Waals surface area contributed by atoms with E-state index in [1.54, 1.807) is 0 Å². The first kappa shape index (κ1) is 30.7. The molecule has 2 heteroatoms. The number of carbonyl (C=O) groups excluding carboxylic acids is 1. The molecule has 0 aliphatic rings. The van der Waals surface area contributed by atoms with Crippen molar-refractivity contribution in [1.29, 1.82) is 0 Å². The maximum absolute atomic E-state index is 12.1. The monoisotopic (exact) mass is 472 g/mol. The number of ether oxygens (including phenoxy) is 1. The molecule has 0 spiro atoms. The molecule has 34 heavy (non-hydrogen) atoms. The predicted molar refractivity (Wildman–Crippen MR) is 149 cm³/mol. The van der Waals surface area contributed by atoms with Crippen molar-refractivity contribution in [1.82, 2.24) is 0 Å². The molecule has 0 fully saturated rings. The molecular formula is C32H56O2. The zero-order valence-corrected chi connectivity index (χ0v) is 23.3. The highest BCUT2D eigenvalue weighted by Gasteiger charge is 2.18. The summed E-state index contributed by atoms with van der Waals surface area (Å²) in [7, 11) is 0. The third kappa shape index (κ3) is 15.6. The SMILES string of the molecule is CCCCCCCCCCCCCCCCCCOC(=O)CCc1cccc(C(C)(C)CC)c1. The van der Waals surface area contributed by atoms with E-state index in [0.717, 1.165) is 19.3 Å². The largest absolute Gasteiger partial charge is 0.466 e. The molecule has 0 unspecified atom stereocenters. The van der Waals surface area contributed by atoms with Crippen molar-refractivity contribution < 1.29 is 9.53 Å². The molecule has 0 saturated heterocycles. The van der Waals surface area contributed by atoms with Gasteiger partial charge in [-0.05, 0) is 35.8 Å². The summed E-state index contributed by atoms with van der Waals surface area (Å²) in [6.45, 7) is 9.65. The van der Waals surface area contributed by atoms with Crippen LogP contribution in [0.1, 0.15) is 154 Å². The van der Waals surface area contributed by atoms with Gasteiger partial charge < -0.3 is 4.74 Å². The van der Waals surface area contributed by atoms with E-state index in [1.807, 2.05) is 0 Å². The van der Waals surface area contributed by atoms with Crippen LogP contribution in [0.5, 0.6) is 0 Å². The number of hydrogen-bond donors (Lipinski definition) is 0. The maximum atomic E-state index is 12.1. The minimum Gasteiger partial charge on any atom is -0.466 e. The van der Waals surface area contributed by atoms with Gasteiger partial charge in [-0.1, -0.05) is 148 Å². The van der Waals surface area contributed by atoms with Crippen LogP contribution in [0.3, 0.4) is 0 Å². The van der Waals surface area contributed by atoms with Crippen LogP contribution in [0.2, 0.25) is 0 Å². The fourth-order valence-corrected chi connectivity index (χ4v) is 4.51. The highest BCUT2D eigenvalue weighted by Crippen LogP contribution is 2.27. The minimum absolute atomic E-state index is 0.0545. The van der Waals surface area contributed by atoms with E-state index >= 15 is 0 Å². The van der Waals surface area contributed by atoms with Gasteiger partial charge in [0.05, 0.1) is 6.61 Å². The zero-order valence-electron chi connectivity index (χ0n) is 23.3. The molecule has 196 valence electrons. The van der Waals surface area contributed by atoms with E-state index in [2.05, 4.69) is 52.0 Å². The van der Waals surface area contributed by atoms with Crippen LogP contribution in [0, 0.1) is 0 Å². The summed E-state index contributed by atoms with van der Waals surface area (Å²) in [5.74, 6) is -0.0545. The molecule has 0 aliphatic heterocycles. The molecule has 0 bridgehead atoms. The Labute approximate surface area is 212 Å². The second-order valence-corrected chi connectivity index (χ2v) is 11.0. The number of esters is 1. The van der Waals surface area contributed by atoms with Gasteiger partial charge in [0, 0.05) is 6.42 Å². The Hall–Kier alpha value is -1.31. The summed E-state index contributed by atoms with van der Waals surface area (Å²) in [6.07, 6.45) is 24.1. The Kier molecular flexibility index (Phi) is 18.0. The molecule has 2 nitrogen and oxygen atoms in total. The average molecular weight is 473 g/mol. The summed E-state index contributed by atoms with van der Waals surface area (Å²) in [5, 5.41) is 0. The molecule has 0 aliphatic carbocycles. The van der Waals surface area contributed by atoms with Crippen LogP contribution >= 0.6 is 0 Å². The standard InChI is InChI=1S/C32H56O2/c1-5-7-8-9-10-11-12-13-14-15-16-17-18-19-20-21-27-34-31(33)26-25-29-23-22-24-30(28-29)32(3,4)6-2/h22-24,28H,5-21,25-27H2,1-4H3. The normalized spacial score (nSPS) is 11.6. The van der Waals surface area contributed by atoms with Gasteiger partial charge in [0.1, 0.15) is 0 Å². The topological polar surface area (TPSA) is 26.3 Å². The molecule has 0 heterocycles. The Balaban J connectivity index is 1.91. The first-order valence-corrected chi connectivity index (χ1v) is 14.7. The van der Waals surface area contributed by atoms with E-state index < -0.39 is 0 Å². The first-order valence-electron chi connectivity index (χ1n) is 14.7. The van der Waals surface area contributed by atoms with Gasteiger partial charge in [-0.3, -0.25) is 4.79 Å². The third-order valence-electron chi connectivity index (χ3n) is 7.47. The fraction of sp³-hybridized carbons (Fsp3) is 0.781. The summed E-state index contributed by atoms with van der Waals surface area (Å²) in [5.41, 5.74) is 2.77. The maximum Gasteiger partial charge on any atom is 0.306 e. The highest BCUT2D eigenvalue weighted by atomic mass is 16.5. The molecular weight excluding hydrogens is 416 g/mol. The molecule has 0 amide bonds. The predicted octanol–water partition coefficient (Wildman–Crippen LogP) is 10.1. The van der Waals surface area contributed by atoms with Crippen molar-refractivity contribution in [2.75, 3.05) is 6.61 Å². The third-order valence-corrected chi connectivity index (χ3v) is 7.47. The molecule has 0 atom stereocenters. The lowest BCUT2D eigenvalue weighted by Gasteiger charge is -2.23. The highest BCUT2D eigenvalue weighted by molar-refractivity contribution is 5.69. The van der Waals surface area contributed by atoms with Crippen molar-refractivity contribution >= 4 is 5.97 Å². The Morgan fingerprint density at radius 1 is 0.735 bits per heavy atom. The van der Waals surface area contributed by atoms with Gasteiger partial charge in [-0.25, -0.2) is 0 Å². The van der Waals surface area contributed by atoms with Gasteiger partial charge in [-0.2, -0.15) is 0 Å². The molecule has 1 aromatic rings. The van der Waals surface area contributed by atoms with Crippen molar-refractivity contribution in [3.8, 4) is 0 Å². The molecule has 0 aromatic heterocycles. The number of hydrogen-bond acceptors (Lipinski definition) is 2. The number of aryl methyl sites for hydroxylation is 1. The lowest BCUT2D eigenvalue weighted by molar-refractivity contribution is -0.143. The average Bonchev–Trinajstić information content (AvgIpc) is 2.84. The number of unbranched alkanes of at least 4 members (excludes halogenated alkanes) is 15. The van der Waals surface area contributed by atoms with E-state index in [1.165, 1.54) is 107 Å². The molecule has 1 rings (SSSR count). The smallest absolute Gasteiger partial charge is 0.306 e. The van der Waals surface area contributed by atoms with E-state index in [-0.39, 0.29) is 11.4 Å². The van der Waals surface area contributed by atoms with Crippen LogP contribution in [-0.4, -0.2) is 12.6 Å². The minimum atomic E-state index is -0.0545. The van der Waals surface area contributed by atoms with E-state index in [4.69, 9.17) is 4.74 Å². The quantitative estimate of drug-likeness (QED) is 0.124. The van der Waals surface area contributed by atoms with Gasteiger partial charge in [0.25, 0.3) is 0 Å². The van der Waals surface area contributed by atoms with Gasteiger partial charge in [0.15, 0.2) is 0 Å². The van der Waals surface area contributed by atoms with Crippen LogP contribution in [0.4, 0.5) is 0 Å². The summed E-state index contributed by atoms with van der Waals surface area (Å²) >= 11 is 0. The summed E-state index contributed by atoms with van der Waals surface area (Å²) in [4.78, 5) is 12.1. The molecule has 0 radical (unpaired) electrons. The molecule has 1 aromatic carbocycles. The number of rotatable bonds is 22. The fourth-order valence-electron chi connectivity index (χ4n) is 4.51. The van der Waals surface area contributed by atoms with Crippen molar-refractivity contribution in [2.45, 2.75) is 155 Å². The lowest BCUT2D eigenvalue weighted by atomic mass is 9.81. The zero-order chi connectivity index (χ0) is 24.9. The van der Waals surface area contributed by atoms with Gasteiger partial charge in [-0.15, -0.1) is 0 Å². The van der Waals surface area contributed by atoms with Gasteiger partial charge in [0.2, 0.25) is 0 Å². The Morgan fingerprint density at radius 3 is 1.74 bits per heavy atom. The first-order chi connectivity index (χ1) is 16.5. The summed E-state index contributed by atoms with van der Waals surface area (Å²) < 4.78 is 5.46. The van der Waals surface area contributed by atoms with Crippen LogP contribution in [0.15, 0.2) is 24.3 Å². The number of carbonyl (C=O) groups is 1. The van der Waals surface area contributed by atoms with Crippen molar-refractivity contribution in [3.63, 3.8) is 0 Å². The van der Waals surface area contributed by atoms with Crippen molar-refractivity contribution in [2.24, 2.45) is 0 Å². The molecule has 0 N–H and O–H groups in total.